The zero-order chi connectivity index (χ0) is 26.9. The van der Waals surface area contributed by atoms with Gasteiger partial charge in [0.1, 0.15) is 29.4 Å². The molecule has 0 spiro atoms. The summed E-state index contributed by atoms with van der Waals surface area (Å²) in [5.74, 6) is -0.258. The molecular formula is C26H28F2N6O2S. The van der Waals surface area contributed by atoms with Gasteiger partial charge in [-0.1, -0.05) is 32.0 Å². The fraction of sp³-hybridized carbons (Fsp3) is 0.231. The molecule has 0 saturated carbocycles. The Morgan fingerprint density at radius 1 is 1.19 bits per heavy atom. The molecule has 37 heavy (non-hydrogen) atoms. The molecule has 0 bridgehead atoms. The first kappa shape index (κ1) is 27.6. The summed E-state index contributed by atoms with van der Waals surface area (Å²) >= 11 is -0.115. The number of anilines is 1. The molecule has 3 N–H and O–H groups in total. The molecule has 0 radical (unpaired) electrons. The molecule has 1 atom stereocenters. The molecule has 0 fully saturated rings. The molecule has 4 rings (SSSR count). The molecule has 2 aromatic heterocycles. The average Bonchev–Trinajstić information content (AvgIpc) is 3.31. The number of hydrogen-bond acceptors (Lipinski definition) is 7. The standard InChI is InChI=1S/C24H22F2N6O2S.C2H6/c1-14(13-34-16-6-4-3-5-7-16)30-24(33)18-12-32(35-26)23-22(18)31-20(11-29-23)21(27)17-9-8-15(25)10-19(17)28-2;1-2/h3-12,14,27-28H,13H2,1-2H3,(H,30,33);1-2H3. The molecule has 0 aliphatic heterocycles. The van der Waals surface area contributed by atoms with Crippen LogP contribution in [-0.2, 0) is 0 Å². The fourth-order valence-corrected chi connectivity index (χ4v) is 3.81. The molecule has 8 nitrogen and oxygen atoms in total. The Balaban J connectivity index is 0.00000186. The van der Waals surface area contributed by atoms with Gasteiger partial charge in [-0.25, -0.2) is 18.3 Å². The Hall–Kier alpha value is -3.99. The van der Waals surface area contributed by atoms with Crippen LogP contribution in [-0.4, -0.2) is 45.3 Å². The summed E-state index contributed by atoms with van der Waals surface area (Å²) in [5.41, 5.74) is 1.31. The van der Waals surface area contributed by atoms with Crippen molar-refractivity contribution < 1.29 is 17.8 Å². The SMILES string of the molecule is CC.CNc1cc(F)ccc1C(=N)c1cnc2c(n1)c(C(=O)NC(C)COc1ccccc1)cn2SF. The highest BCUT2D eigenvalue weighted by Crippen LogP contribution is 2.25. The van der Waals surface area contributed by atoms with Gasteiger partial charge in [-0.2, -0.15) is 0 Å². The average molecular weight is 527 g/mol. The van der Waals surface area contributed by atoms with Crippen LogP contribution in [0, 0.1) is 11.2 Å². The van der Waals surface area contributed by atoms with E-state index in [9.17, 15) is 13.1 Å². The number of rotatable bonds is 9. The second kappa shape index (κ2) is 12.8. The van der Waals surface area contributed by atoms with Crippen molar-refractivity contribution >= 4 is 40.8 Å². The van der Waals surface area contributed by atoms with E-state index in [-0.39, 0.29) is 53.1 Å². The summed E-state index contributed by atoms with van der Waals surface area (Å²) in [6.07, 6.45) is 2.62. The van der Waals surface area contributed by atoms with Crippen molar-refractivity contribution in [2.75, 3.05) is 19.0 Å². The van der Waals surface area contributed by atoms with Crippen LogP contribution in [0.3, 0.4) is 0 Å². The Bertz CT molecular complexity index is 1380. The van der Waals surface area contributed by atoms with Crippen molar-refractivity contribution in [3.8, 4) is 5.75 Å². The smallest absolute Gasteiger partial charge is 0.255 e. The van der Waals surface area contributed by atoms with E-state index in [0.29, 0.717) is 17.0 Å². The van der Waals surface area contributed by atoms with E-state index >= 15 is 0 Å². The van der Waals surface area contributed by atoms with Crippen LogP contribution in [0.1, 0.15) is 42.4 Å². The minimum absolute atomic E-state index is 0.0274. The lowest BCUT2D eigenvalue weighted by Gasteiger charge is -2.14. The minimum atomic E-state index is -0.484. The van der Waals surface area contributed by atoms with Crippen molar-refractivity contribution in [2.24, 2.45) is 0 Å². The Morgan fingerprint density at radius 2 is 1.92 bits per heavy atom. The van der Waals surface area contributed by atoms with Crippen molar-refractivity contribution in [1.29, 1.82) is 5.41 Å². The Labute approximate surface area is 218 Å². The van der Waals surface area contributed by atoms with E-state index in [0.717, 1.165) is 3.97 Å². The summed E-state index contributed by atoms with van der Waals surface area (Å²) in [7, 11) is 1.62. The number of fused-ring (bicyclic) bond motifs is 1. The zero-order valence-corrected chi connectivity index (χ0v) is 21.7. The first-order chi connectivity index (χ1) is 17.9. The fourth-order valence-electron chi connectivity index (χ4n) is 3.46. The molecule has 2 aromatic carbocycles. The van der Waals surface area contributed by atoms with Crippen LogP contribution < -0.4 is 15.4 Å². The number of ether oxygens (including phenoxy) is 1. The second-order valence-corrected chi connectivity index (χ2v) is 8.21. The van der Waals surface area contributed by atoms with E-state index in [1.807, 2.05) is 44.2 Å². The van der Waals surface area contributed by atoms with E-state index in [2.05, 4.69) is 20.6 Å². The van der Waals surface area contributed by atoms with E-state index in [1.165, 1.54) is 30.6 Å². The first-order valence-electron chi connectivity index (χ1n) is 11.6. The molecule has 4 aromatic rings. The first-order valence-corrected chi connectivity index (χ1v) is 12.3. The van der Waals surface area contributed by atoms with Crippen LogP contribution in [0.15, 0.2) is 60.9 Å². The van der Waals surface area contributed by atoms with Gasteiger partial charge in [0.25, 0.3) is 5.91 Å². The van der Waals surface area contributed by atoms with Gasteiger partial charge in [0.2, 0.25) is 0 Å². The molecule has 2 heterocycles. The Morgan fingerprint density at radius 3 is 2.59 bits per heavy atom. The number of nitrogens with zero attached hydrogens (tertiary/aromatic N) is 3. The topological polar surface area (TPSA) is 105 Å². The van der Waals surface area contributed by atoms with Crippen LogP contribution in [0.2, 0.25) is 0 Å². The predicted octanol–water partition coefficient (Wildman–Crippen LogP) is 5.63. The Kier molecular flexibility index (Phi) is 9.56. The summed E-state index contributed by atoms with van der Waals surface area (Å²) in [6, 6.07) is 12.8. The van der Waals surface area contributed by atoms with Crippen LogP contribution in [0.4, 0.5) is 14.0 Å². The number of aromatic nitrogens is 3. The highest BCUT2D eigenvalue weighted by molar-refractivity contribution is 7.92. The highest BCUT2D eigenvalue weighted by Gasteiger charge is 2.22. The third kappa shape index (κ3) is 6.42. The second-order valence-electron chi connectivity index (χ2n) is 7.68. The van der Waals surface area contributed by atoms with Crippen LogP contribution in [0.25, 0.3) is 11.2 Å². The van der Waals surface area contributed by atoms with Gasteiger partial charge in [0.15, 0.2) is 18.0 Å². The number of nitrogens with one attached hydrogen (secondary N) is 3. The largest absolute Gasteiger partial charge is 0.491 e. The quantitative estimate of drug-likeness (QED) is 0.244. The highest BCUT2D eigenvalue weighted by atomic mass is 32.2. The normalized spacial score (nSPS) is 11.3. The number of benzene rings is 2. The third-order valence-corrected chi connectivity index (χ3v) is 5.61. The maximum absolute atomic E-state index is 13.6. The van der Waals surface area contributed by atoms with Gasteiger partial charge < -0.3 is 15.4 Å². The number of carbonyl (C=O) groups excluding carboxylic acids is 1. The third-order valence-electron chi connectivity index (χ3n) is 5.18. The molecule has 1 unspecified atom stereocenters. The molecule has 11 heteroatoms. The maximum atomic E-state index is 13.6. The van der Waals surface area contributed by atoms with Gasteiger partial charge in [0.05, 0.1) is 23.5 Å². The van der Waals surface area contributed by atoms with Crippen molar-refractivity contribution in [3.05, 3.63) is 83.6 Å². The lowest BCUT2D eigenvalue weighted by Crippen LogP contribution is -2.36. The summed E-state index contributed by atoms with van der Waals surface area (Å²) in [6.45, 7) is 6.01. The molecule has 0 saturated heterocycles. The number of para-hydroxylation sites is 1. The monoisotopic (exact) mass is 526 g/mol. The van der Waals surface area contributed by atoms with Crippen LogP contribution >= 0.6 is 12.3 Å². The lowest BCUT2D eigenvalue weighted by atomic mass is 10.1. The number of hydrogen-bond donors (Lipinski definition) is 3. The van der Waals surface area contributed by atoms with Gasteiger partial charge in [-0.15, -0.1) is 3.89 Å². The predicted molar refractivity (Wildman–Crippen MR) is 144 cm³/mol. The van der Waals surface area contributed by atoms with Crippen LogP contribution in [0.5, 0.6) is 5.75 Å². The lowest BCUT2D eigenvalue weighted by molar-refractivity contribution is 0.0928. The minimum Gasteiger partial charge on any atom is -0.491 e. The molecule has 194 valence electrons. The van der Waals surface area contributed by atoms with Gasteiger partial charge in [-0.3, -0.25) is 10.2 Å². The number of amides is 1. The van der Waals surface area contributed by atoms with Crippen molar-refractivity contribution in [3.63, 3.8) is 0 Å². The maximum Gasteiger partial charge on any atom is 0.255 e. The summed E-state index contributed by atoms with van der Waals surface area (Å²) < 4.78 is 33.9. The van der Waals surface area contributed by atoms with Gasteiger partial charge >= 0.3 is 0 Å². The zero-order valence-electron chi connectivity index (χ0n) is 20.9. The summed E-state index contributed by atoms with van der Waals surface area (Å²) in [4.78, 5) is 21.7. The number of carbonyl (C=O) groups is 1. The van der Waals surface area contributed by atoms with Crippen molar-refractivity contribution in [1.82, 2.24) is 19.3 Å². The van der Waals surface area contributed by atoms with Gasteiger partial charge in [0, 0.05) is 24.5 Å². The molecule has 1 amide bonds. The van der Waals surface area contributed by atoms with Gasteiger partial charge in [-0.05, 0) is 37.3 Å². The molecule has 0 aliphatic carbocycles. The molecule has 0 aliphatic rings. The molecular weight excluding hydrogens is 498 g/mol. The summed E-state index contributed by atoms with van der Waals surface area (Å²) in [5, 5.41) is 14.2. The van der Waals surface area contributed by atoms with E-state index in [4.69, 9.17) is 10.1 Å². The van der Waals surface area contributed by atoms with E-state index in [1.54, 1.807) is 14.0 Å². The number of halogens is 2. The van der Waals surface area contributed by atoms with Crippen molar-refractivity contribution in [2.45, 2.75) is 26.8 Å². The van der Waals surface area contributed by atoms with E-state index < -0.39 is 11.7 Å².